The van der Waals surface area contributed by atoms with Crippen LogP contribution in [0, 0.1) is 13.8 Å². The highest BCUT2D eigenvalue weighted by molar-refractivity contribution is 6.23. The largest absolute Gasteiger partial charge is 0.373 e. The summed E-state index contributed by atoms with van der Waals surface area (Å²) in [5, 5.41) is 3.21. The van der Waals surface area contributed by atoms with Crippen molar-refractivity contribution in [2.24, 2.45) is 0 Å². The number of benzene rings is 2. The predicted octanol–water partition coefficient (Wildman–Crippen LogP) is 3.61. The summed E-state index contributed by atoms with van der Waals surface area (Å²) in [4.78, 5) is 26.6. The third-order valence-corrected chi connectivity index (χ3v) is 4.61. The Bertz CT molecular complexity index is 798. The summed E-state index contributed by atoms with van der Waals surface area (Å²) >= 11 is 0. The molecule has 2 aromatic carbocycles. The van der Waals surface area contributed by atoms with Gasteiger partial charge in [0.2, 0.25) is 5.91 Å². The first-order valence-corrected chi connectivity index (χ1v) is 8.29. The molecule has 124 valence electrons. The Morgan fingerprint density at radius 3 is 2.54 bits per heavy atom. The normalized spacial score (nSPS) is 17.5. The molecule has 0 unspecified atom stereocenters. The lowest BCUT2D eigenvalue weighted by atomic mass is 10.1. The van der Waals surface area contributed by atoms with E-state index in [1.807, 2.05) is 63.2 Å². The minimum absolute atomic E-state index is 0.151. The lowest BCUT2D eigenvalue weighted by molar-refractivity contribution is -0.121. The highest BCUT2D eigenvalue weighted by Gasteiger charge is 2.40. The summed E-state index contributed by atoms with van der Waals surface area (Å²) in [7, 11) is 0. The molecule has 0 bridgehead atoms. The monoisotopic (exact) mass is 322 g/mol. The molecule has 24 heavy (non-hydrogen) atoms. The molecule has 1 saturated heterocycles. The van der Waals surface area contributed by atoms with Gasteiger partial charge >= 0.3 is 0 Å². The van der Waals surface area contributed by atoms with Crippen LogP contribution in [-0.2, 0) is 16.0 Å². The Kier molecular flexibility index (Phi) is 4.38. The maximum absolute atomic E-state index is 12.8. The summed E-state index contributed by atoms with van der Waals surface area (Å²) in [6, 6.07) is 13.1. The quantitative estimate of drug-likeness (QED) is 0.875. The molecular weight excluding hydrogens is 300 g/mol. The van der Waals surface area contributed by atoms with Crippen molar-refractivity contribution in [2.75, 3.05) is 10.2 Å². The van der Waals surface area contributed by atoms with Gasteiger partial charge in [-0.1, -0.05) is 31.2 Å². The Hall–Kier alpha value is -2.62. The molecule has 0 saturated carbocycles. The maximum Gasteiger partial charge on any atom is 0.256 e. The number of amides is 2. The van der Waals surface area contributed by atoms with Crippen LogP contribution in [-0.4, -0.2) is 17.9 Å². The van der Waals surface area contributed by atoms with Crippen LogP contribution in [0.5, 0.6) is 0 Å². The fourth-order valence-electron chi connectivity index (χ4n) is 3.06. The Balaban J connectivity index is 1.85. The van der Waals surface area contributed by atoms with Gasteiger partial charge < -0.3 is 5.32 Å². The molecule has 1 atom stereocenters. The van der Waals surface area contributed by atoms with E-state index in [2.05, 4.69) is 5.32 Å². The smallest absolute Gasteiger partial charge is 0.256 e. The number of hydrogen-bond acceptors (Lipinski definition) is 3. The first kappa shape index (κ1) is 16.2. The molecule has 0 aromatic heterocycles. The van der Waals surface area contributed by atoms with E-state index in [0.29, 0.717) is 5.69 Å². The summed E-state index contributed by atoms with van der Waals surface area (Å²) in [5.74, 6) is -0.332. The standard InChI is InChI=1S/C20H22N2O2/c1-4-15-7-5-6-8-18(15)22-19(23)12-17(20(22)24)21-16-10-9-13(2)14(3)11-16/h5-11,17,21H,4,12H2,1-3H3/t17-/m1/s1. The molecule has 1 N–H and O–H groups in total. The van der Waals surface area contributed by atoms with Crippen molar-refractivity contribution >= 4 is 23.2 Å². The number of hydrogen-bond donors (Lipinski definition) is 1. The SMILES string of the molecule is CCc1ccccc1N1C(=O)C[C@@H](Nc2ccc(C)c(C)c2)C1=O. The Morgan fingerprint density at radius 2 is 1.83 bits per heavy atom. The van der Waals surface area contributed by atoms with Crippen molar-refractivity contribution in [3.8, 4) is 0 Å². The molecule has 4 heteroatoms. The lowest BCUT2D eigenvalue weighted by Crippen LogP contribution is -2.35. The van der Waals surface area contributed by atoms with E-state index in [1.165, 1.54) is 10.5 Å². The van der Waals surface area contributed by atoms with Gasteiger partial charge in [0.1, 0.15) is 6.04 Å². The van der Waals surface area contributed by atoms with Gasteiger partial charge in [-0.15, -0.1) is 0 Å². The van der Waals surface area contributed by atoms with Gasteiger partial charge in [-0.05, 0) is 55.2 Å². The van der Waals surface area contributed by atoms with Gasteiger partial charge in [0.15, 0.2) is 0 Å². The van der Waals surface area contributed by atoms with Crippen LogP contribution < -0.4 is 10.2 Å². The molecule has 1 aliphatic rings. The number of para-hydroxylation sites is 1. The average molecular weight is 322 g/mol. The van der Waals surface area contributed by atoms with Crippen LogP contribution in [0.4, 0.5) is 11.4 Å². The second-order valence-electron chi connectivity index (χ2n) is 6.25. The van der Waals surface area contributed by atoms with E-state index in [0.717, 1.165) is 23.2 Å². The van der Waals surface area contributed by atoms with Gasteiger partial charge in [0, 0.05) is 5.69 Å². The first-order valence-electron chi connectivity index (χ1n) is 8.29. The minimum Gasteiger partial charge on any atom is -0.373 e. The number of nitrogens with zero attached hydrogens (tertiary/aromatic N) is 1. The van der Waals surface area contributed by atoms with E-state index < -0.39 is 6.04 Å². The third-order valence-electron chi connectivity index (χ3n) is 4.61. The number of aryl methyl sites for hydroxylation is 3. The van der Waals surface area contributed by atoms with Gasteiger partial charge in [0.25, 0.3) is 5.91 Å². The van der Waals surface area contributed by atoms with Crippen molar-refractivity contribution < 1.29 is 9.59 Å². The Morgan fingerprint density at radius 1 is 1.08 bits per heavy atom. The van der Waals surface area contributed by atoms with Crippen LogP contribution >= 0.6 is 0 Å². The van der Waals surface area contributed by atoms with E-state index in [9.17, 15) is 9.59 Å². The molecular formula is C20H22N2O2. The van der Waals surface area contributed by atoms with Crippen molar-refractivity contribution in [1.82, 2.24) is 0 Å². The second kappa shape index (κ2) is 6.48. The number of imide groups is 1. The fraction of sp³-hybridized carbons (Fsp3) is 0.300. The molecule has 0 aliphatic carbocycles. The number of carbonyl (C=O) groups excluding carboxylic acids is 2. The Labute approximate surface area is 142 Å². The zero-order chi connectivity index (χ0) is 17.3. The van der Waals surface area contributed by atoms with Crippen LogP contribution in [0.2, 0.25) is 0 Å². The van der Waals surface area contributed by atoms with Crippen LogP contribution in [0.1, 0.15) is 30.0 Å². The molecule has 2 amide bonds. The second-order valence-corrected chi connectivity index (χ2v) is 6.25. The first-order chi connectivity index (χ1) is 11.5. The summed E-state index contributed by atoms with van der Waals surface area (Å²) in [6.45, 7) is 6.10. The lowest BCUT2D eigenvalue weighted by Gasteiger charge is -2.19. The van der Waals surface area contributed by atoms with E-state index in [4.69, 9.17) is 0 Å². The van der Waals surface area contributed by atoms with Crippen LogP contribution in [0.3, 0.4) is 0 Å². The van der Waals surface area contributed by atoms with E-state index in [-0.39, 0.29) is 18.2 Å². The zero-order valence-corrected chi connectivity index (χ0v) is 14.3. The highest BCUT2D eigenvalue weighted by atomic mass is 16.2. The molecule has 1 heterocycles. The minimum atomic E-state index is -0.510. The molecule has 1 fully saturated rings. The van der Waals surface area contributed by atoms with Crippen LogP contribution in [0.15, 0.2) is 42.5 Å². The van der Waals surface area contributed by atoms with Gasteiger partial charge in [-0.3, -0.25) is 9.59 Å². The molecule has 4 nitrogen and oxygen atoms in total. The van der Waals surface area contributed by atoms with Crippen LogP contribution in [0.25, 0.3) is 0 Å². The molecule has 2 aromatic rings. The molecule has 0 spiro atoms. The molecule has 0 radical (unpaired) electrons. The van der Waals surface area contributed by atoms with Gasteiger partial charge in [0.05, 0.1) is 12.1 Å². The van der Waals surface area contributed by atoms with E-state index >= 15 is 0 Å². The highest BCUT2D eigenvalue weighted by Crippen LogP contribution is 2.28. The number of anilines is 2. The van der Waals surface area contributed by atoms with Gasteiger partial charge in [-0.2, -0.15) is 0 Å². The summed E-state index contributed by atoms with van der Waals surface area (Å²) < 4.78 is 0. The molecule has 1 aliphatic heterocycles. The zero-order valence-electron chi connectivity index (χ0n) is 14.3. The molecule has 3 rings (SSSR count). The van der Waals surface area contributed by atoms with Gasteiger partial charge in [-0.25, -0.2) is 4.90 Å². The van der Waals surface area contributed by atoms with Crippen molar-refractivity contribution in [3.63, 3.8) is 0 Å². The predicted molar refractivity (Wildman–Crippen MR) is 96.3 cm³/mol. The number of rotatable bonds is 4. The number of nitrogens with one attached hydrogen (secondary N) is 1. The topological polar surface area (TPSA) is 49.4 Å². The van der Waals surface area contributed by atoms with E-state index in [1.54, 1.807) is 0 Å². The maximum atomic E-state index is 12.8. The van der Waals surface area contributed by atoms with Crippen molar-refractivity contribution in [1.29, 1.82) is 0 Å². The summed E-state index contributed by atoms with van der Waals surface area (Å²) in [6.07, 6.45) is 0.965. The third kappa shape index (κ3) is 2.92. The van der Waals surface area contributed by atoms with Crippen molar-refractivity contribution in [2.45, 2.75) is 39.7 Å². The average Bonchev–Trinajstić information content (AvgIpc) is 2.85. The fourth-order valence-corrected chi connectivity index (χ4v) is 3.06. The summed E-state index contributed by atoms with van der Waals surface area (Å²) in [5.41, 5.74) is 4.94. The van der Waals surface area contributed by atoms with Crippen molar-refractivity contribution in [3.05, 3.63) is 59.2 Å². The number of carbonyl (C=O) groups is 2.